The van der Waals surface area contributed by atoms with Crippen molar-refractivity contribution < 1.29 is 18.9 Å². The average Bonchev–Trinajstić information content (AvgIpc) is 2.63. The van der Waals surface area contributed by atoms with Crippen LogP contribution in [0.4, 0.5) is 0 Å². The van der Waals surface area contributed by atoms with Crippen LogP contribution < -0.4 is 18.1 Å². The van der Waals surface area contributed by atoms with Crippen LogP contribution in [0.1, 0.15) is 32.8 Å². The first-order valence-electron chi connectivity index (χ1n) is 4.55. The topological polar surface area (TPSA) is 87.8 Å². The van der Waals surface area contributed by atoms with Crippen LogP contribution in [-0.4, -0.2) is 26.6 Å². The fourth-order valence-electron chi connectivity index (χ4n) is 1.80. The largest absolute Gasteiger partial charge is 1.00 e. The summed E-state index contributed by atoms with van der Waals surface area (Å²) >= 11 is 0. The molecule has 0 aliphatic heterocycles. The first kappa shape index (κ1) is 11.4. The summed E-state index contributed by atoms with van der Waals surface area (Å²) in [6, 6.07) is 0.229. The summed E-state index contributed by atoms with van der Waals surface area (Å²) in [6.45, 7) is 0. The van der Waals surface area contributed by atoms with E-state index in [0.717, 1.165) is 12.8 Å². The first-order chi connectivity index (χ1) is 6.21. The van der Waals surface area contributed by atoms with E-state index in [1.807, 2.05) is 0 Å². The molecule has 0 aromatic carbocycles. The van der Waals surface area contributed by atoms with Crippen LogP contribution >= 0.6 is 0 Å². The van der Waals surface area contributed by atoms with Gasteiger partial charge in [0.15, 0.2) is 0 Å². The van der Waals surface area contributed by atoms with Crippen molar-refractivity contribution in [2.45, 2.75) is 37.3 Å². The number of aromatic amines is 1. The number of hydrogen-bond donors (Lipinski definition) is 3. The van der Waals surface area contributed by atoms with Gasteiger partial charge in [-0.15, -0.1) is 0 Å². The Hall–Kier alpha value is -0.650. The van der Waals surface area contributed by atoms with Crippen LogP contribution in [0.3, 0.4) is 0 Å². The third-order valence-corrected chi connectivity index (χ3v) is 2.75. The Balaban J connectivity index is 0.000000980. The number of nitrogens with zero attached hydrogens (tertiary/aromatic N) is 2. The van der Waals surface area contributed by atoms with Gasteiger partial charge in [0.25, 0.3) is 0 Å². The third kappa shape index (κ3) is 2.05. The van der Waals surface area contributed by atoms with Crippen LogP contribution in [0, 0.1) is 0 Å². The van der Waals surface area contributed by atoms with Gasteiger partial charge in [0.05, 0.1) is 6.20 Å². The second-order valence-corrected chi connectivity index (χ2v) is 3.72. The van der Waals surface area contributed by atoms with Crippen LogP contribution in [-0.2, 0) is 5.60 Å². The number of aromatic nitrogens is 3. The molecule has 1 heterocycles. The maximum absolute atomic E-state index is 10.2. The number of rotatable bonds is 1. The second kappa shape index (κ2) is 4.25. The molecule has 1 saturated carbocycles. The summed E-state index contributed by atoms with van der Waals surface area (Å²) in [5.74, 6) is 0. The minimum atomic E-state index is -0.803. The number of halogens is 1. The maximum atomic E-state index is 10.2. The molecule has 4 N–H and O–H groups in total. The molecule has 14 heavy (non-hydrogen) atoms. The lowest BCUT2D eigenvalue weighted by Crippen LogP contribution is -3.00. The van der Waals surface area contributed by atoms with Crippen molar-refractivity contribution in [3.8, 4) is 0 Å². The monoisotopic (exact) mass is 218 g/mol. The summed E-state index contributed by atoms with van der Waals surface area (Å²) < 4.78 is 0. The highest BCUT2D eigenvalue weighted by molar-refractivity contribution is 5.07. The van der Waals surface area contributed by atoms with Crippen LogP contribution in [0.5, 0.6) is 0 Å². The number of H-pyrrole nitrogens is 1. The zero-order chi connectivity index (χ0) is 9.31. The van der Waals surface area contributed by atoms with E-state index in [0.29, 0.717) is 18.5 Å². The van der Waals surface area contributed by atoms with E-state index >= 15 is 0 Å². The van der Waals surface area contributed by atoms with E-state index in [2.05, 4.69) is 15.4 Å². The minimum Gasteiger partial charge on any atom is -1.00 e. The SMILES string of the molecule is NC1CCC(O)(c2cn[nH]n2)CC1.[Cl-].[H+]. The van der Waals surface area contributed by atoms with Gasteiger partial charge in [-0.05, 0) is 25.7 Å². The van der Waals surface area contributed by atoms with Gasteiger partial charge in [-0.3, -0.25) is 0 Å². The van der Waals surface area contributed by atoms with E-state index in [4.69, 9.17) is 5.73 Å². The number of nitrogens with one attached hydrogen (secondary N) is 1. The molecule has 0 saturated heterocycles. The minimum absolute atomic E-state index is 0. The highest BCUT2D eigenvalue weighted by Gasteiger charge is 2.35. The molecule has 0 unspecified atom stereocenters. The Morgan fingerprint density at radius 3 is 2.71 bits per heavy atom. The molecule has 80 valence electrons. The predicted octanol–water partition coefficient (Wildman–Crippen LogP) is -2.99. The summed E-state index contributed by atoms with van der Waals surface area (Å²) in [5.41, 5.74) is 5.59. The van der Waals surface area contributed by atoms with Gasteiger partial charge in [0.1, 0.15) is 11.3 Å². The van der Waals surface area contributed by atoms with Crippen molar-refractivity contribution in [1.29, 1.82) is 0 Å². The fourth-order valence-corrected chi connectivity index (χ4v) is 1.80. The molecule has 1 aliphatic rings. The van der Waals surface area contributed by atoms with Gasteiger partial charge >= 0.3 is 1.43 Å². The lowest BCUT2D eigenvalue weighted by atomic mass is 9.81. The van der Waals surface area contributed by atoms with Gasteiger partial charge in [-0.2, -0.15) is 15.4 Å². The van der Waals surface area contributed by atoms with Gasteiger partial charge < -0.3 is 23.2 Å². The van der Waals surface area contributed by atoms with Gasteiger partial charge in [0.2, 0.25) is 0 Å². The molecule has 0 spiro atoms. The van der Waals surface area contributed by atoms with Crippen molar-refractivity contribution in [1.82, 2.24) is 15.4 Å². The number of aliphatic hydroxyl groups is 1. The average molecular weight is 219 g/mol. The molecule has 0 radical (unpaired) electrons. The summed E-state index contributed by atoms with van der Waals surface area (Å²) in [6.07, 6.45) is 4.64. The molecule has 0 bridgehead atoms. The summed E-state index contributed by atoms with van der Waals surface area (Å²) in [7, 11) is 0. The zero-order valence-corrected chi connectivity index (χ0v) is 8.54. The highest BCUT2D eigenvalue weighted by Crippen LogP contribution is 2.34. The lowest BCUT2D eigenvalue weighted by Gasteiger charge is -2.32. The molecule has 0 amide bonds. The van der Waals surface area contributed by atoms with Gasteiger partial charge in [-0.25, -0.2) is 0 Å². The Morgan fingerprint density at radius 2 is 2.21 bits per heavy atom. The quantitative estimate of drug-likeness (QED) is 0.469. The molecule has 1 aromatic rings. The van der Waals surface area contributed by atoms with Crippen LogP contribution in [0.2, 0.25) is 0 Å². The number of nitrogens with two attached hydrogens (primary N) is 1. The summed E-state index contributed by atoms with van der Waals surface area (Å²) in [5, 5.41) is 20.3. The number of hydrogen-bond acceptors (Lipinski definition) is 4. The van der Waals surface area contributed by atoms with E-state index < -0.39 is 5.60 Å². The van der Waals surface area contributed by atoms with Crippen molar-refractivity contribution in [3.63, 3.8) is 0 Å². The van der Waals surface area contributed by atoms with Gasteiger partial charge in [-0.1, -0.05) is 0 Å². The molecule has 2 rings (SSSR count). The smallest absolute Gasteiger partial charge is 1.00 e. The first-order valence-corrected chi connectivity index (χ1v) is 4.55. The molecule has 0 atom stereocenters. The van der Waals surface area contributed by atoms with Crippen molar-refractivity contribution >= 4 is 0 Å². The Bertz CT molecular complexity index is 274. The van der Waals surface area contributed by atoms with E-state index in [1.54, 1.807) is 6.20 Å². The van der Waals surface area contributed by atoms with Gasteiger partial charge in [0, 0.05) is 6.04 Å². The van der Waals surface area contributed by atoms with E-state index in [1.165, 1.54) is 0 Å². The zero-order valence-electron chi connectivity index (χ0n) is 8.78. The Labute approximate surface area is 90.0 Å². The highest BCUT2D eigenvalue weighted by atomic mass is 35.5. The lowest BCUT2D eigenvalue weighted by molar-refractivity contribution is -0.00897. The summed E-state index contributed by atoms with van der Waals surface area (Å²) in [4.78, 5) is 0. The van der Waals surface area contributed by atoms with Crippen LogP contribution in [0.15, 0.2) is 6.20 Å². The fraction of sp³-hybridized carbons (Fsp3) is 0.750. The molecule has 1 fully saturated rings. The predicted molar refractivity (Wildman–Crippen MR) is 47.8 cm³/mol. The molecule has 1 aliphatic carbocycles. The molecular formula is C8H15ClN4O. The molecule has 6 heteroatoms. The van der Waals surface area contributed by atoms with Crippen molar-refractivity contribution in [2.24, 2.45) is 5.73 Å². The molecule has 1 aromatic heterocycles. The Kier molecular flexibility index (Phi) is 3.47. The Morgan fingerprint density at radius 1 is 1.57 bits per heavy atom. The molecular weight excluding hydrogens is 204 g/mol. The van der Waals surface area contributed by atoms with E-state index in [9.17, 15) is 5.11 Å². The van der Waals surface area contributed by atoms with E-state index in [-0.39, 0.29) is 19.9 Å². The van der Waals surface area contributed by atoms with Crippen molar-refractivity contribution in [3.05, 3.63) is 11.9 Å². The maximum Gasteiger partial charge on any atom is 1.00 e. The van der Waals surface area contributed by atoms with Crippen LogP contribution in [0.25, 0.3) is 0 Å². The van der Waals surface area contributed by atoms with Crippen molar-refractivity contribution in [2.75, 3.05) is 0 Å². The third-order valence-electron chi connectivity index (χ3n) is 2.75. The standard InChI is InChI=1S/C8H14N4O.ClH/c9-6-1-3-8(13,4-2-6)7-5-10-12-11-7;/h5-6,13H,1-4,9H2,(H,10,11,12);1H. The molecule has 5 nitrogen and oxygen atoms in total. The second-order valence-electron chi connectivity index (χ2n) is 3.72. The normalized spacial score (nSPS) is 32.3.